The maximum absolute atomic E-state index is 13.0. The van der Waals surface area contributed by atoms with Gasteiger partial charge in [-0.3, -0.25) is 4.79 Å². The van der Waals surface area contributed by atoms with Crippen molar-refractivity contribution in [1.29, 1.82) is 0 Å². The van der Waals surface area contributed by atoms with Gasteiger partial charge < -0.3 is 14.2 Å². The van der Waals surface area contributed by atoms with Gasteiger partial charge in [0.05, 0.1) is 13.7 Å². The molecule has 0 aliphatic rings. The van der Waals surface area contributed by atoms with Crippen LogP contribution in [0, 0.1) is 12.8 Å². The Morgan fingerprint density at radius 1 is 1.14 bits per heavy atom. The van der Waals surface area contributed by atoms with Gasteiger partial charge >= 0.3 is 0 Å². The molecular formula is C23H26N2O3. The number of aromatic nitrogens is 1. The van der Waals surface area contributed by atoms with Crippen molar-refractivity contribution in [3.05, 3.63) is 71.4 Å². The Labute approximate surface area is 165 Å². The fourth-order valence-electron chi connectivity index (χ4n) is 3.03. The molecule has 0 aliphatic heterocycles. The first-order valence-corrected chi connectivity index (χ1v) is 9.42. The fraction of sp³-hybridized carbons (Fsp3) is 0.304. The van der Waals surface area contributed by atoms with Gasteiger partial charge in [-0.1, -0.05) is 48.8 Å². The molecule has 2 aromatic carbocycles. The molecule has 1 amide bonds. The van der Waals surface area contributed by atoms with E-state index in [1.165, 1.54) is 0 Å². The summed E-state index contributed by atoms with van der Waals surface area (Å²) in [5.74, 6) is 1.76. The molecule has 146 valence electrons. The summed E-state index contributed by atoms with van der Waals surface area (Å²) in [7, 11) is 1.63. The van der Waals surface area contributed by atoms with Crippen molar-refractivity contribution in [1.82, 2.24) is 10.1 Å². The molecule has 1 heterocycles. The standard InChI is InChI=1S/C23H26N2O3/c1-16(2)14-25(23(26)18-10-8-17(3)9-11-18)15-20-13-22(28-24-20)19-6-5-7-21(12-19)27-4/h5-13,16H,14-15H2,1-4H3. The summed E-state index contributed by atoms with van der Waals surface area (Å²) in [6, 6.07) is 17.2. The smallest absolute Gasteiger partial charge is 0.254 e. The van der Waals surface area contributed by atoms with Crippen LogP contribution in [0.2, 0.25) is 0 Å². The highest BCUT2D eigenvalue weighted by atomic mass is 16.5. The van der Waals surface area contributed by atoms with E-state index < -0.39 is 0 Å². The van der Waals surface area contributed by atoms with Crippen LogP contribution in [0.1, 0.15) is 35.5 Å². The molecule has 0 atom stereocenters. The molecule has 0 unspecified atom stereocenters. The third-order valence-electron chi connectivity index (χ3n) is 4.44. The van der Waals surface area contributed by atoms with E-state index >= 15 is 0 Å². The molecule has 28 heavy (non-hydrogen) atoms. The number of ether oxygens (including phenoxy) is 1. The first-order chi connectivity index (χ1) is 13.5. The number of rotatable bonds is 7. The zero-order chi connectivity index (χ0) is 20.1. The van der Waals surface area contributed by atoms with Crippen LogP contribution in [0.4, 0.5) is 0 Å². The number of hydrogen-bond donors (Lipinski definition) is 0. The topological polar surface area (TPSA) is 55.6 Å². The van der Waals surface area contributed by atoms with Crippen LogP contribution in [0.15, 0.2) is 59.1 Å². The Kier molecular flexibility index (Phi) is 6.14. The predicted octanol–water partition coefficient (Wildman–Crippen LogP) is 4.96. The van der Waals surface area contributed by atoms with Crippen LogP contribution in [0.3, 0.4) is 0 Å². The third kappa shape index (κ3) is 4.80. The lowest BCUT2D eigenvalue weighted by molar-refractivity contribution is 0.0719. The average Bonchev–Trinajstić information content (AvgIpc) is 3.16. The Hall–Kier alpha value is -3.08. The van der Waals surface area contributed by atoms with E-state index in [0.29, 0.717) is 30.3 Å². The van der Waals surface area contributed by atoms with Crippen molar-refractivity contribution < 1.29 is 14.1 Å². The molecule has 0 saturated carbocycles. The molecule has 0 radical (unpaired) electrons. The Morgan fingerprint density at radius 2 is 1.89 bits per heavy atom. The van der Waals surface area contributed by atoms with Gasteiger partial charge in [-0.2, -0.15) is 0 Å². The van der Waals surface area contributed by atoms with Crippen LogP contribution in [-0.2, 0) is 6.54 Å². The maximum atomic E-state index is 13.0. The van der Waals surface area contributed by atoms with E-state index in [9.17, 15) is 4.79 Å². The van der Waals surface area contributed by atoms with Crippen LogP contribution in [0.25, 0.3) is 11.3 Å². The molecule has 0 N–H and O–H groups in total. The Balaban J connectivity index is 1.80. The van der Waals surface area contributed by atoms with Gasteiger partial charge in [0, 0.05) is 23.7 Å². The van der Waals surface area contributed by atoms with Crippen molar-refractivity contribution >= 4 is 5.91 Å². The summed E-state index contributed by atoms with van der Waals surface area (Å²) in [6.45, 7) is 7.25. The number of nitrogens with zero attached hydrogens (tertiary/aromatic N) is 2. The zero-order valence-corrected chi connectivity index (χ0v) is 16.8. The fourth-order valence-corrected chi connectivity index (χ4v) is 3.03. The van der Waals surface area contributed by atoms with Crippen LogP contribution < -0.4 is 4.74 Å². The monoisotopic (exact) mass is 378 g/mol. The molecular weight excluding hydrogens is 352 g/mol. The number of carbonyl (C=O) groups excluding carboxylic acids is 1. The molecule has 0 saturated heterocycles. The lowest BCUT2D eigenvalue weighted by atomic mass is 10.1. The van der Waals surface area contributed by atoms with Crippen LogP contribution in [-0.4, -0.2) is 29.6 Å². The van der Waals surface area contributed by atoms with Gasteiger partial charge in [-0.15, -0.1) is 0 Å². The molecule has 0 bridgehead atoms. The summed E-state index contributed by atoms with van der Waals surface area (Å²) in [5.41, 5.74) is 3.42. The van der Waals surface area contributed by atoms with Gasteiger partial charge in [0.25, 0.3) is 5.91 Å². The second kappa shape index (κ2) is 8.74. The van der Waals surface area contributed by atoms with Gasteiger partial charge in [0.2, 0.25) is 0 Å². The van der Waals surface area contributed by atoms with E-state index in [1.54, 1.807) is 7.11 Å². The lowest BCUT2D eigenvalue weighted by Gasteiger charge is -2.23. The molecule has 1 aromatic heterocycles. The molecule has 5 heteroatoms. The quantitative estimate of drug-likeness (QED) is 0.583. The van der Waals surface area contributed by atoms with Crippen molar-refractivity contribution in [2.75, 3.05) is 13.7 Å². The van der Waals surface area contributed by atoms with E-state index in [1.807, 2.05) is 66.4 Å². The number of amides is 1. The van der Waals surface area contributed by atoms with Gasteiger partial charge in [0.1, 0.15) is 11.4 Å². The highest BCUT2D eigenvalue weighted by Gasteiger charge is 2.19. The van der Waals surface area contributed by atoms with E-state index in [0.717, 1.165) is 22.6 Å². The number of carbonyl (C=O) groups is 1. The zero-order valence-electron chi connectivity index (χ0n) is 16.8. The molecule has 0 fully saturated rings. The highest BCUT2D eigenvalue weighted by molar-refractivity contribution is 5.94. The first kappa shape index (κ1) is 19.7. The average molecular weight is 378 g/mol. The summed E-state index contributed by atoms with van der Waals surface area (Å²) in [6.07, 6.45) is 0. The summed E-state index contributed by atoms with van der Waals surface area (Å²) in [5, 5.41) is 4.18. The van der Waals surface area contributed by atoms with Crippen molar-refractivity contribution in [3.8, 4) is 17.1 Å². The summed E-state index contributed by atoms with van der Waals surface area (Å²) in [4.78, 5) is 14.8. The van der Waals surface area contributed by atoms with Crippen molar-refractivity contribution in [3.63, 3.8) is 0 Å². The molecule has 3 aromatic rings. The van der Waals surface area contributed by atoms with Crippen molar-refractivity contribution in [2.24, 2.45) is 5.92 Å². The summed E-state index contributed by atoms with van der Waals surface area (Å²) < 4.78 is 10.8. The lowest BCUT2D eigenvalue weighted by Crippen LogP contribution is -2.33. The Bertz CT molecular complexity index is 929. The number of methoxy groups -OCH3 is 1. The second-order valence-corrected chi connectivity index (χ2v) is 7.36. The minimum atomic E-state index is -0.000342. The van der Waals surface area contributed by atoms with Gasteiger partial charge in [0.15, 0.2) is 5.76 Å². The molecule has 0 spiro atoms. The minimum Gasteiger partial charge on any atom is -0.497 e. The maximum Gasteiger partial charge on any atom is 0.254 e. The molecule has 3 rings (SSSR count). The molecule has 0 aliphatic carbocycles. The SMILES string of the molecule is COc1cccc(-c2cc(CN(CC(C)C)C(=O)c3ccc(C)cc3)no2)c1. The number of aryl methyl sites for hydroxylation is 1. The van der Waals surface area contributed by atoms with Crippen LogP contribution >= 0.6 is 0 Å². The molecule has 5 nitrogen and oxygen atoms in total. The first-order valence-electron chi connectivity index (χ1n) is 9.42. The minimum absolute atomic E-state index is 0.000342. The van der Waals surface area contributed by atoms with Gasteiger partial charge in [-0.25, -0.2) is 0 Å². The number of hydrogen-bond acceptors (Lipinski definition) is 4. The summed E-state index contributed by atoms with van der Waals surface area (Å²) >= 11 is 0. The number of benzene rings is 2. The second-order valence-electron chi connectivity index (χ2n) is 7.36. The normalized spacial score (nSPS) is 10.9. The predicted molar refractivity (Wildman–Crippen MR) is 109 cm³/mol. The van der Waals surface area contributed by atoms with Crippen LogP contribution in [0.5, 0.6) is 5.75 Å². The highest BCUT2D eigenvalue weighted by Crippen LogP contribution is 2.25. The van der Waals surface area contributed by atoms with Gasteiger partial charge in [-0.05, 0) is 37.1 Å². The Morgan fingerprint density at radius 3 is 2.57 bits per heavy atom. The van der Waals surface area contributed by atoms with Crippen molar-refractivity contribution in [2.45, 2.75) is 27.3 Å². The van der Waals surface area contributed by atoms with E-state index in [4.69, 9.17) is 9.26 Å². The largest absolute Gasteiger partial charge is 0.497 e. The van der Waals surface area contributed by atoms with E-state index in [-0.39, 0.29) is 5.91 Å². The third-order valence-corrected chi connectivity index (χ3v) is 4.44. The van der Waals surface area contributed by atoms with E-state index in [2.05, 4.69) is 19.0 Å².